The fourth-order valence-electron chi connectivity index (χ4n) is 4.45. The number of furan rings is 1. The summed E-state index contributed by atoms with van der Waals surface area (Å²) >= 11 is 5.98. The van der Waals surface area contributed by atoms with Crippen LogP contribution in [0.3, 0.4) is 0 Å². The van der Waals surface area contributed by atoms with Gasteiger partial charge >= 0.3 is 0 Å². The summed E-state index contributed by atoms with van der Waals surface area (Å²) in [5.74, 6) is -1.21. The number of para-hydroxylation sites is 2. The summed E-state index contributed by atoms with van der Waals surface area (Å²) in [4.78, 5) is 26.5. The second-order valence-electron chi connectivity index (χ2n) is 9.18. The van der Waals surface area contributed by atoms with Gasteiger partial charge in [-0.15, -0.1) is 0 Å². The molecule has 0 bridgehead atoms. The van der Waals surface area contributed by atoms with Crippen LogP contribution in [0.5, 0.6) is 0 Å². The number of rotatable bonds is 7. The first-order valence-electron chi connectivity index (χ1n) is 12.7. The Hall–Kier alpha value is -5.27. The standard InChI is InChI=1S/C33H21ClFN3O3/c34-24-15-10-22(11-16-24)32(40)33-31(27-8-4-5-9-28(27)41-33)36-29(39)19-14-23-20-38(26-6-2-1-3-7-26)37-30(23)21-12-17-25(35)18-13-21/h1-20H,(H,36,39). The Balaban J connectivity index is 1.34. The molecule has 200 valence electrons. The van der Waals surface area contributed by atoms with E-state index in [0.717, 1.165) is 5.69 Å². The summed E-state index contributed by atoms with van der Waals surface area (Å²) in [7, 11) is 0. The molecule has 2 heterocycles. The first-order chi connectivity index (χ1) is 20.0. The van der Waals surface area contributed by atoms with Gasteiger partial charge in [-0.2, -0.15) is 5.10 Å². The fourth-order valence-corrected chi connectivity index (χ4v) is 4.57. The molecule has 0 spiro atoms. The molecule has 1 amide bonds. The van der Waals surface area contributed by atoms with Crippen molar-refractivity contribution in [2.24, 2.45) is 0 Å². The van der Waals surface area contributed by atoms with Gasteiger partial charge in [0.2, 0.25) is 11.7 Å². The zero-order valence-corrected chi connectivity index (χ0v) is 22.2. The van der Waals surface area contributed by atoms with Gasteiger partial charge in [-0.3, -0.25) is 9.59 Å². The lowest BCUT2D eigenvalue weighted by Gasteiger charge is -2.04. The average molecular weight is 562 g/mol. The summed E-state index contributed by atoms with van der Waals surface area (Å²) in [5.41, 5.74) is 3.85. The maximum absolute atomic E-state index is 13.6. The quantitative estimate of drug-likeness (QED) is 0.158. The van der Waals surface area contributed by atoms with E-state index in [0.29, 0.717) is 38.4 Å². The monoisotopic (exact) mass is 561 g/mol. The van der Waals surface area contributed by atoms with Crippen molar-refractivity contribution in [2.75, 3.05) is 5.32 Å². The van der Waals surface area contributed by atoms with Crippen LogP contribution in [0.4, 0.5) is 10.1 Å². The third-order valence-electron chi connectivity index (χ3n) is 6.45. The number of hydrogen-bond donors (Lipinski definition) is 1. The van der Waals surface area contributed by atoms with E-state index in [4.69, 9.17) is 21.1 Å². The molecule has 0 saturated carbocycles. The Bertz CT molecular complexity index is 1910. The highest BCUT2D eigenvalue weighted by Gasteiger charge is 2.23. The highest BCUT2D eigenvalue weighted by atomic mass is 35.5. The van der Waals surface area contributed by atoms with Crippen molar-refractivity contribution in [2.45, 2.75) is 0 Å². The van der Waals surface area contributed by atoms with Crippen LogP contribution >= 0.6 is 11.6 Å². The molecular weight excluding hydrogens is 541 g/mol. The fraction of sp³-hybridized carbons (Fsp3) is 0. The van der Waals surface area contributed by atoms with Gasteiger partial charge in [0.1, 0.15) is 11.4 Å². The van der Waals surface area contributed by atoms with E-state index < -0.39 is 5.91 Å². The van der Waals surface area contributed by atoms with E-state index in [1.54, 1.807) is 77.6 Å². The van der Waals surface area contributed by atoms with Crippen LogP contribution in [0.1, 0.15) is 21.7 Å². The van der Waals surface area contributed by atoms with Crippen LogP contribution in [0, 0.1) is 5.82 Å². The van der Waals surface area contributed by atoms with Crippen molar-refractivity contribution < 1.29 is 18.4 Å². The van der Waals surface area contributed by atoms with E-state index in [9.17, 15) is 14.0 Å². The maximum Gasteiger partial charge on any atom is 0.248 e. The molecule has 8 heteroatoms. The van der Waals surface area contributed by atoms with Crippen molar-refractivity contribution in [3.8, 4) is 16.9 Å². The Morgan fingerprint density at radius 3 is 2.34 bits per heavy atom. The lowest BCUT2D eigenvalue weighted by atomic mass is 10.1. The summed E-state index contributed by atoms with van der Waals surface area (Å²) in [6, 6.07) is 29.0. The van der Waals surface area contributed by atoms with Crippen molar-refractivity contribution >= 4 is 46.0 Å². The number of amides is 1. The Morgan fingerprint density at radius 1 is 0.878 bits per heavy atom. The molecule has 0 atom stereocenters. The van der Waals surface area contributed by atoms with Crippen LogP contribution in [0.25, 0.3) is 34.0 Å². The molecule has 41 heavy (non-hydrogen) atoms. The maximum atomic E-state index is 13.6. The van der Waals surface area contributed by atoms with E-state index >= 15 is 0 Å². The second-order valence-corrected chi connectivity index (χ2v) is 9.62. The summed E-state index contributed by atoms with van der Waals surface area (Å²) < 4.78 is 21.2. The molecule has 0 fully saturated rings. The predicted molar refractivity (Wildman–Crippen MR) is 158 cm³/mol. The van der Waals surface area contributed by atoms with Crippen molar-refractivity contribution in [1.29, 1.82) is 0 Å². The minimum absolute atomic E-state index is 0.0131. The number of benzene rings is 4. The number of nitrogens with one attached hydrogen (secondary N) is 1. The van der Waals surface area contributed by atoms with E-state index in [-0.39, 0.29) is 23.0 Å². The molecule has 1 N–H and O–H groups in total. The lowest BCUT2D eigenvalue weighted by Crippen LogP contribution is -2.11. The smallest absolute Gasteiger partial charge is 0.248 e. The molecule has 0 radical (unpaired) electrons. The molecule has 0 aliphatic rings. The van der Waals surface area contributed by atoms with Crippen LogP contribution < -0.4 is 5.32 Å². The molecule has 0 saturated heterocycles. The number of fused-ring (bicyclic) bond motifs is 1. The zero-order chi connectivity index (χ0) is 28.3. The van der Waals surface area contributed by atoms with Crippen LogP contribution in [0.15, 0.2) is 120 Å². The Labute approximate surface area is 239 Å². The SMILES string of the molecule is O=C(C=Cc1cn(-c2ccccc2)nc1-c1ccc(F)cc1)Nc1c(C(=O)c2ccc(Cl)cc2)oc2ccccc12. The van der Waals surface area contributed by atoms with Gasteiger partial charge in [0.05, 0.1) is 17.1 Å². The first-order valence-corrected chi connectivity index (χ1v) is 13.1. The first kappa shape index (κ1) is 26.0. The summed E-state index contributed by atoms with van der Waals surface area (Å²) in [5, 5.41) is 8.62. The third-order valence-corrected chi connectivity index (χ3v) is 6.70. The minimum atomic E-state index is -0.473. The van der Waals surface area contributed by atoms with Gasteiger partial charge in [0, 0.05) is 39.4 Å². The average Bonchev–Trinajstić information content (AvgIpc) is 3.59. The molecule has 4 aromatic carbocycles. The molecule has 0 unspecified atom stereocenters. The van der Waals surface area contributed by atoms with Crippen molar-refractivity contribution in [3.63, 3.8) is 0 Å². The van der Waals surface area contributed by atoms with Crippen LogP contribution in [-0.4, -0.2) is 21.5 Å². The van der Waals surface area contributed by atoms with Crippen LogP contribution in [-0.2, 0) is 4.79 Å². The molecule has 0 aliphatic heterocycles. The second kappa shape index (κ2) is 11.1. The normalized spacial score (nSPS) is 11.3. The number of hydrogen-bond acceptors (Lipinski definition) is 4. The number of carbonyl (C=O) groups excluding carboxylic acids is 2. The Morgan fingerprint density at radius 2 is 1.59 bits per heavy atom. The molecule has 2 aromatic heterocycles. The van der Waals surface area contributed by atoms with Crippen molar-refractivity contribution in [3.05, 3.63) is 143 Å². The van der Waals surface area contributed by atoms with E-state index in [1.807, 2.05) is 30.3 Å². The highest BCUT2D eigenvalue weighted by molar-refractivity contribution is 6.30. The largest absolute Gasteiger partial charge is 0.450 e. The predicted octanol–water partition coefficient (Wildman–Crippen LogP) is 7.96. The van der Waals surface area contributed by atoms with Gasteiger partial charge in [0.15, 0.2) is 5.76 Å². The molecule has 6 nitrogen and oxygen atoms in total. The lowest BCUT2D eigenvalue weighted by molar-refractivity contribution is -0.111. The van der Waals surface area contributed by atoms with Crippen LogP contribution in [0.2, 0.25) is 5.02 Å². The summed E-state index contributed by atoms with van der Waals surface area (Å²) in [6.07, 6.45) is 4.78. The minimum Gasteiger partial charge on any atom is -0.450 e. The molecule has 6 rings (SSSR count). The molecule has 0 aliphatic carbocycles. The van der Waals surface area contributed by atoms with Gasteiger partial charge in [0.25, 0.3) is 0 Å². The zero-order valence-electron chi connectivity index (χ0n) is 21.4. The number of anilines is 1. The number of ketones is 1. The molecular formula is C33H21ClFN3O3. The number of nitrogens with zero attached hydrogens (tertiary/aromatic N) is 2. The van der Waals surface area contributed by atoms with Gasteiger partial charge in [-0.25, -0.2) is 9.07 Å². The third kappa shape index (κ3) is 5.44. The van der Waals surface area contributed by atoms with E-state index in [1.165, 1.54) is 18.2 Å². The van der Waals surface area contributed by atoms with E-state index in [2.05, 4.69) is 5.32 Å². The topological polar surface area (TPSA) is 77.1 Å². The summed E-state index contributed by atoms with van der Waals surface area (Å²) in [6.45, 7) is 0. The Kier molecular flexibility index (Phi) is 7.02. The van der Waals surface area contributed by atoms with Gasteiger partial charge < -0.3 is 9.73 Å². The van der Waals surface area contributed by atoms with Gasteiger partial charge in [-0.05, 0) is 78.9 Å². The number of aromatic nitrogens is 2. The molecule has 6 aromatic rings. The number of halogens is 2. The van der Waals surface area contributed by atoms with Gasteiger partial charge in [-0.1, -0.05) is 41.9 Å². The van der Waals surface area contributed by atoms with Crippen molar-refractivity contribution in [1.82, 2.24) is 9.78 Å². The number of carbonyl (C=O) groups is 2. The highest BCUT2D eigenvalue weighted by Crippen LogP contribution is 2.33.